The molecular formula is C27H38O4S. The Morgan fingerprint density at radius 1 is 1.00 bits per heavy atom. The van der Waals surface area contributed by atoms with Crippen molar-refractivity contribution in [2.75, 3.05) is 5.75 Å². The van der Waals surface area contributed by atoms with Crippen molar-refractivity contribution < 1.29 is 18.3 Å². The summed E-state index contributed by atoms with van der Waals surface area (Å²) >= 11 is 0. The van der Waals surface area contributed by atoms with Crippen molar-refractivity contribution in [3.63, 3.8) is 0 Å². The Morgan fingerprint density at radius 3 is 2.50 bits per heavy atom. The van der Waals surface area contributed by atoms with Crippen LogP contribution in [0.5, 0.6) is 0 Å². The van der Waals surface area contributed by atoms with Gasteiger partial charge in [-0.2, -0.15) is 0 Å². The predicted octanol–water partition coefficient (Wildman–Crippen LogP) is 5.05. The second kappa shape index (κ2) is 7.94. The molecule has 1 aromatic rings. The average Bonchev–Trinajstić information content (AvgIpc) is 3.09. The van der Waals surface area contributed by atoms with E-state index in [0.29, 0.717) is 47.2 Å². The van der Waals surface area contributed by atoms with Crippen LogP contribution in [0.4, 0.5) is 0 Å². The van der Waals surface area contributed by atoms with Gasteiger partial charge in [-0.05, 0) is 98.0 Å². The minimum absolute atomic E-state index is 0.0370. The van der Waals surface area contributed by atoms with Gasteiger partial charge in [0.05, 0.1) is 16.8 Å². The molecule has 0 radical (unpaired) electrons. The molecule has 8 unspecified atom stereocenters. The van der Waals surface area contributed by atoms with Crippen molar-refractivity contribution in [1.82, 2.24) is 0 Å². The second-order valence-corrected chi connectivity index (χ2v) is 13.9. The molecule has 0 bridgehead atoms. The molecule has 0 heterocycles. The molecule has 1 N–H and O–H groups in total. The van der Waals surface area contributed by atoms with E-state index in [1.165, 1.54) is 0 Å². The summed E-state index contributed by atoms with van der Waals surface area (Å²) in [6.07, 6.45) is 8.11. The number of hydrogen-bond acceptors (Lipinski definition) is 4. The molecule has 0 spiro atoms. The van der Waals surface area contributed by atoms with Crippen LogP contribution in [0.15, 0.2) is 35.2 Å². The molecule has 0 saturated heterocycles. The highest BCUT2D eigenvalue weighted by Gasteiger charge is 2.63. The van der Waals surface area contributed by atoms with E-state index in [9.17, 15) is 18.3 Å². The van der Waals surface area contributed by atoms with E-state index in [0.717, 1.165) is 44.9 Å². The highest BCUT2D eigenvalue weighted by Crippen LogP contribution is 2.66. The minimum Gasteiger partial charge on any atom is -0.393 e. The van der Waals surface area contributed by atoms with E-state index < -0.39 is 9.84 Å². The fourth-order valence-electron chi connectivity index (χ4n) is 8.67. The van der Waals surface area contributed by atoms with E-state index in [4.69, 9.17) is 0 Å². The van der Waals surface area contributed by atoms with Crippen LogP contribution in [0.25, 0.3) is 0 Å². The van der Waals surface area contributed by atoms with Gasteiger partial charge in [-0.15, -0.1) is 0 Å². The molecule has 4 nitrogen and oxygen atoms in total. The molecule has 176 valence electrons. The predicted molar refractivity (Wildman–Crippen MR) is 125 cm³/mol. The first kappa shape index (κ1) is 22.6. The number of sulfone groups is 1. The molecule has 4 saturated carbocycles. The Labute approximate surface area is 193 Å². The van der Waals surface area contributed by atoms with Crippen molar-refractivity contribution in [2.45, 2.75) is 82.6 Å². The normalized spacial score (nSPS) is 43.9. The van der Waals surface area contributed by atoms with E-state index in [2.05, 4.69) is 13.8 Å². The summed E-state index contributed by atoms with van der Waals surface area (Å²) in [5, 5.41) is 10.2. The molecular weight excluding hydrogens is 420 g/mol. The lowest BCUT2D eigenvalue weighted by atomic mass is 9.44. The summed E-state index contributed by atoms with van der Waals surface area (Å²) in [5.41, 5.74) is -0.0306. The van der Waals surface area contributed by atoms with Crippen molar-refractivity contribution >= 4 is 15.6 Å². The third-order valence-electron chi connectivity index (χ3n) is 10.4. The summed E-state index contributed by atoms with van der Waals surface area (Å²) < 4.78 is 25.8. The van der Waals surface area contributed by atoms with Gasteiger partial charge in [0.2, 0.25) is 0 Å². The van der Waals surface area contributed by atoms with Crippen LogP contribution in [0.2, 0.25) is 0 Å². The van der Waals surface area contributed by atoms with Crippen LogP contribution in [-0.2, 0) is 14.6 Å². The first-order valence-corrected chi connectivity index (χ1v) is 14.3. The number of fused-ring (bicyclic) bond motifs is 5. The number of Topliss-reactive ketones (excluding diaryl/α,β-unsaturated/α-hetero) is 1. The Bertz CT molecular complexity index is 973. The first-order chi connectivity index (χ1) is 15.1. The van der Waals surface area contributed by atoms with Crippen LogP contribution in [0, 0.1) is 40.4 Å². The molecule has 8 atom stereocenters. The third-order valence-corrected chi connectivity index (χ3v) is 12.1. The number of aliphatic hydroxyl groups excluding tert-OH is 1. The monoisotopic (exact) mass is 458 g/mol. The van der Waals surface area contributed by atoms with Crippen molar-refractivity contribution in [3.8, 4) is 0 Å². The molecule has 4 aliphatic rings. The molecule has 5 heteroatoms. The van der Waals surface area contributed by atoms with E-state index in [1.807, 2.05) is 6.07 Å². The zero-order valence-electron chi connectivity index (χ0n) is 19.5. The fourth-order valence-corrected chi connectivity index (χ4v) is 10.1. The van der Waals surface area contributed by atoms with Gasteiger partial charge >= 0.3 is 0 Å². The lowest BCUT2D eigenvalue weighted by molar-refractivity contribution is -0.161. The third kappa shape index (κ3) is 3.50. The first-order valence-electron chi connectivity index (χ1n) is 12.6. The quantitative estimate of drug-likeness (QED) is 0.685. The van der Waals surface area contributed by atoms with Crippen molar-refractivity contribution in [2.24, 2.45) is 40.4 Å². The van der Waals surface area contributed by atoms with Crippen LogP contribution in [0.1, 0.15) is 71.6 Å². The summed E-state index contributed by atoms with van der Waals surface area (Å²) in [4.78, 5) is 14.1. The minimum atomic E-state index is -3.29. The molecule has 0 aromatic heterocycles. The summed E-state index contributed by atoms with van der Waals surface area (Å²) in [5.74, 6) is 2.47. The topological polar surface area (TPSA) is 71.4 Å². The van der Waals surface area contributed by atoms with Gasteiger partial charge in [-0.3, -0.25) is 4.79 Å². The fraction of sp³-hybridized carbons (Fsp3) is 0.741. The summed E-state index contributed by atoms with van der Waals surface area (Å²) in [6, 6.07) is 8.77. The van der Waals surface area contributed by atoms with Crippen LogP contribution >= 0.6 is 0 Å². The Kier molecular flexibility index (Phi) is 5.60. The SMILES string of the molecule is CC12CC(=O)C3C(CCC4CC(O)CCC43C)C1CCC2CCS(=O)(=O)c1ccccc1. The molecule has 32 heavy (non-hydrogen) atoms. The Hall–Kier alpha value is -1.20. The Balaban J connectivity index is 1.35. The molecule has 0 aliphatic heterocycles. The number of benzene rings is 1. The van der Waals surface area contributed by atoms with E-state index in [1.54, 1.807) is 24.3 Å². The standard InChI is InChI=1S/C27H38O4S/c1-26-14-12-20(28)16-19(26)8-10-22-23-11-9-18(27(23,2)17-24(29)25(22)26)13-15-32(30,31)21-6-4-3-5-7-21/h3-7,18-20,22-23,25,28H,8-17H2,1-2H3. The second-order valence-electron chi connectivity index (χ2n) is 11.8. The molecule has 4 fully saturated rings. The summed E-state index contributed by atoms with van der Waals surface area (Å²) in [7, 11) is -3.29. The highest BCUT2D eigenvalue weighted by atomic mass is 32.2. The van der Waals surface area contributed by atoms with Crippen LogP contribution < -0.4 is 0 Å². The largest absolute Gasteiger partial charge is 0.393 e. The van der Waals surface area contributed by atoms with Gasteiger partial charge < -0.3 is 5.11 Å². The van der Waals surface area contributed by atoms with Crippen molar-refractivity contribution in [1.29, 1.82) is 0 Å². The van der Waals surface area contributed by atoms with Gasteiger partial charge in [0, 0.05) is 12.3 Å². The maximum Gasteiger partial charge on any atom is 0.178 e. The van der Waals surface area contributed by atoms with Gasteiger partial charge in [-0.1, -0.05) is 32.0 Å². The van der Waals surface area contributed by atoms with Crippen LogP contribution in [-0.4, -0.2) is 31.2 Å². The van der Waals surface area contributed by atoms with E-state index in [-0.39, 0.29) is 28.6 Å². The maximum absolute atomic E-state index is 13.7. The number of ketones is 1. The highest BCUT2D eigenvalue weighted by molar-refractivity contribution is 7.91. The average molecular weight is 459 g/mol. The number of aliphatic hydroxyl groups is 1. The smallest absolute Gasteiger partial charge is 0.178 e. The maximum atomic E-state index is 13.7. The van der Waals surface area contributed by atoms with Gasteiger partial charge in [-0.25, -0.2) is 8.42 Å². The van der Waals surface area contributed by atoms with Gasteiger partial charge in [0.1, 0.15) is 5.78 Å². The molecule has 5 rings (SSSR count). The molecule has 1 aromatic carbocycles. The number of hydrogen-bond donors (Lipinski definition) is 1. The van der Waals surface area contributed by atoms with E-state index >= 15 is 0 Å². The number of rotatable bonds is 4. The van der Waals surface area contributed by atoms with Gasteiger partial charge in [0.25, 0.3) is 0 Å². The van der Waals surface area contributed by atoms with Crippen molar-refractivity contribution in [3.05, 3.63) is 30.3 Å². The lowest BCUT2D eigenvalue weighted by Crippen LogP contribution is -2.57. The molecule has 4 aliphatic carbocycles. The zero-order chi connectivity index (χ0) is 22.7. The number of carbonyl (C=O) groups is 1. The summed E-state index contributed by atoms with van der Waals surface area (Å²) in [6.45, 7) is 4.62. The molecule has 0 amide bonds. The Morgan fingerprint density at radius 2 is 1.75 bits per heavy atom. The van der Waals surface area contributed by atoms with Crippen LogP contribution in [0.3, 0.4) is 0 Å². The lowest BCUT2D eigenvalue weighted by Gasteiger charge is -2.60. The number of carbonyl (C=O) groups excluding carboxylic acids is 1. The zero-order valence-corrected chi connectivity index (χ0v) is 20.3. The van der Waals surface area contributed by atoms with Gasteiger partial charge in [0.15, 0.2) is 9.84 Å².